The number of benzene rings is 2. The van der Waals surface area contributed by atoms with E-state index in [2.05, 4.69) is 71.0 Å². The Bertz CT molecular complexity index is 958. The van der Waals surface area contributed by atoms with Gasteiger partial charge in [-0.3, -0.25) is 0 Å². The largest absolute Gasteiger partial charge is 0.0622 e. The van der Waals surface area contributed by atoms with Gasteiger partial charge < -0.3 is 0 Å². The van der Waals surface area contributed by atoms with Crippen LogP contribution in [-0.2, 0) is 0 Å². The fraction of sp³-hybridized carbons (Fsp3) is 0. The minimum absolute atomic E-state index is 0.923. The fourth-order valence-corrected chi connectivity index (χ4v) is 1.50. The maximum absolute atomic E-state index is 2.92. The van der Waals surface area contributed by atoms with Gasteiger partial charge in [0.1, 0.15) is 0 Å². The fourth-order valence-electron chi connectivity index (χ4n) is 1.50. The van der Waals surface area contributed by atoms with Gasteiger partial charge in [0.25, 0.3) is 0 Å². The van der Waals surface area contributed by atoms with Gasteiger partial charge >= 0.3 is 0 Å². The van der Waals surface area contributed by atoms with Gasteiger partial charge in [0, 0.05) is 11.1 Å². The molecule has 24 heavy (non-hydrogen) atoms. The first-order valence-electron chi connectivity index (χ1n) is 7.07. The summed E-state index contributed by atoms with van der Waals surface area (Å²) >= 11 is 0. The second-order valence-corrected chi connectivity index (χ2v) is 4.23. The summed E-state index contributed by atoms with van der Waals surface area (Å²) in [7, 11) is 0. The van der Waals surface area contributed by atoms with Crippen LogP contribution in [0, 0.1) is 71.0 Å². The third-order valence-corrected chi connectivity index (χ3v) is 2.52. The second-order valence-electron chi connectivity index (χ2n) is 4.23. The van der Waals surface area contributed by atoms with Crippen LogP contribution in [0.3, 0.4) is 0 Å². The summed E-state index contributed by atoms with van der Waals surface area (Å²) in [6.45, 7) is 0. The maximum Gasteiger partial charge on any atom is 0.0255 e. The van der Waals surface area contributed by atoms with Crippen LogP contribution in [0.25, 0.3) is 0 Å². The van der Waals surface area contributed by atoms with Crippen molar-refractivity contribution in [3.63, 3.8) is 0 Å². The molecule has 0 heterocycles. The highest BCUT2D eigenvalue weighted by Crippen LogP contribution is 1.94. The summed E-state index contributed by atoms with van der Waals surface area (Å²) in [6.07, 6.45) is 0. The predicted molar refractivity (Wildman–Crippen MR) is 97.7 cm³/mol. The molecule has 2 rings (SSSR count). The number of hydrogen-bond donors (Lipinski definition) is 0. The zero-order valence-corrected chi connectivity index (χ0v) is 12.8. The van der Waals surface area contributed by atoms with Gasteiger partial charge in [-0.05, 0) is 83.5 Å². The molecule has 0 bridgehead atoms. The van der Waals surface area contributed by atoms with Crippen LogP contribution in [0.1, 0.15) is 11.1 Å². The molecule has 2 aromatic carbocycles. The zero-order chi connectivity index (χ0) is 16.7. The van der Waals surface area contributed by atoms with Gasteiger partial charge in [0.05, 0.1) is 0 Å². The van der Waals surface area contributed by atoms with Gasteiger partial charge in [-0.1, -0.05) is 48.2 Å². The Morgan fingerprint density at radius 3 is 0.958 bits per heavy atom. The van der Waals surface area contributed by atoms with Crippen molar-refractivity contribution in [1.82, 2.24) is 0 Å². The van der Waals surface area contributed by atoms with E-state index in [0.717, 1.165) is 11.1 Å². The third kappa shape index (κ3) is 6.99. The maximum atomic E-state index is 2.92. The van der Waals surface area contributed by atoms with Crippen molar-refractivity contribution < 1.29 is 0 Å². The van der Waals surface area contributed by atoms with Crippen LogP contribution in [0.2, 0.25) is 0 Å². The highest BCUT2D eigenvalue weighted by atomic mass is 14.1. The molecule has 2 aromatic rings. The molecule has 0 spiro atoms. The van der Waals surface area contributed by atoms with Crippen LogP contribution >= 0.6 is 0 Å². The molecule has 0 fully saturated rings. The van der Waals surface area contributed by atoms with Crippen molar-refractivity contribution in [2.75, 3.05) is 0 Å². The Hall–Kier alpha value is -4.20. The van der Waals surface area contributed by atoms with E-state index in [1.807, 2.05) is 60.7 Å². The minimum atomic E-state index is 0.923. The Labute approximate surface area is 143 Å². The molecular formula is C24H10. The van der Waals surface area contributed by atoms with E-state index in [1.54, 1.807) is 0 Å². The molecule has 0 saturated heterocycles. The lowest BCUT2D eigenvalue weighted by Gasteiger charge is -1.83. The summed E-state index contributed by atoms with van der Waals surface area (Å²) in [5, 5.41) is 0. The predicted octanol–water partition coefficient (Wildman–Crippen LogP) is 3.10. The van der Waals surface area contributed by atoms with Gasteiger partial charge in [-0.2, -0.15) is 0 Å². The van der Waals surface area contributed by atoms with E-state index >= 15 is 0 Å². The van der Waals surface area contributed by atoms with E-state index in [9.17, 15) is 0 Å². The van der Waals surface area contributed by atoms with Crippen molar-refractivity contribution >= 4 is 0 Å². The van der Waals surface area contributed by atoms with E-state index in [4.69, 9.17) is 0 Å². The van der Waals surface area contributed by atoms with Gasteiger partial charge in [0.15, 0.2) is 0 Å². The van der Waals surface area contributed by atoms with Crippen molar-refractivity contribution in [3.05, 3.63) is 71.8 Å². The molecular weight excluding hydrogens is 290 g/mol. The van der Waals surface area contributed by atoms with E-state index in [-0.39, 0.29) is 0 Å². The highest BCUT2D eigenvalue weighted by Gasteiger charge is 1.79. The van der Waals surface area contributed by atoms with Crippen LogP contribution in [0.4, 0.5) is 0 Å². The topological polar surface area (TPSA) is 0 Å². The quantitative estimate of drug-likeness (QED) is 0.518. The van der Waals surface area contributed by atoms with E-state index in [1.165, 1.54) is 0 Å². The molecule has 0 heteroatoms. The standard InChI is InChI=1S/C24H10/c1(3-5-7-11-17-23-19-13-9-14-20-23)2-4-6-8-12-18-24-21-15-10-16-22-24/h9-10,13-16,19-22H/i11+1,18+1. The average molecular weight is 300 g/mol. The molecule has 0 N–H and O–H groups in total. The first kappa shape index (κ1) is 16.2. The van der Waals surface area contributed by atoms with Crippen molar-refractivity contribution in [3.8, 4) is 71.0 Å². The summed E-state index contributed by atoms with van der Waals surface area (Å²) in [5.41, 5.74) is 1.85. The lowest BCUT2D eigenvalue weighted by atomic mass is 10.2. The normalized spacial score (nSPS) is 6.83. The van der Waals surface area contributed by atoms with E-state index in [0.29, 0.717) is 0 Å². The van der Waals surface area contributed by atoms with Gasteiger partial charge in [0.2, 0.25) is 0 Å². The summed E-state index contributed by atoms with van der Waals surface area (Å²) in [5.74, 6) is 32.2. The van der Waals surface area contributed by atoms with Crippen molar-refractivity contribution in [1.29, 1.82) is 0 Å². The third-order valence-electron chi connectivity index (χ3n) is 2.52. The molecule has 0 unspecified atom stereocenters. The molecule has 0 radical (unpaired) electrons. The van der Waals surface area contributed by atoms with Crippen molar-refractivity contribution in [2.24, 2.45) is 0 Å². The number of hydrogen-bond acceptors (Lipinski definition) is 0. The second kappa shape index (κ2) is 10.5. The molecule has 0 atom stereocenters. The van der Waals surface area contributed by atoms with Crippen LogP contribution in [-0.4, -0.2) is 0 Å². The SMILES string of the molecule is C(#CC#CC#[13C]c1ccccc1)C#CC#C[13C]#Cc1ccccc1. The van der Waals surface area contributed by atoms with Crippen LogP contribution < -0.4 is 0 Å². The van der Waals surface area contributed by atoms with E-state index < -0.39 is 0 Å². The van der Waals surface area contributed by atoms with Gasteiger partial charge in [-0.15, -0.1) is 0 Å². The molecule has 0 aromatic heterocycles. The van der Waals surface area contributed by atoms with Crippen LogP contribution in [0.15, 0.2) is 60.7 Å². The smallest absolute Gasteiger partial charge is 0.0255 e. The molecule has 0 aliphatic rings. The van der Waals surface area contributed by atoms with Crippen LogP contribution in [0.5, 0.6) is 0 Å². The molecule has 106 valence electrons. The Morgan fingerprint density at radius 1 is 0.333 bits per heavy atom. The molecule has 0 aliphatic carbocycles. The first-order chi connectivity index (χ1) is 11.9. The lowest BCUT2D eigenvalue weighted by molar-refractivity contribution is 1.65. The molecule has 0 nitrogen and oxygen atoms in total. The van der Waals surface area contributed by atoms with Gasteiger partial charge in [-0.25, -0.2) is 0 Å². The average Bonchev–Trinajstić information content (AvgIpc) is 2.64. The Balaban J connectivity index is 1.83. The molecule has 0 amide bonds. The Kier molecular flexibility index (Phi) is 7.09. The molecule has 0 saturated carbocycles. The van der Waals surface area contributed by atoms with Crippen molar-refractivity contribution in [2.45, 2.75) is 0 Å². The zero-order valence-electron chi connectivity index (χ0n) is 12.8. The summed E-state index contributed by atoms with van der Waals surface area (Å²) in [6, 6.07) is 19.3. The summed E-state index contributed by atoms with van der Waals surface area (Å²) < 4.78 is 0. The minimum Gasteiger partial charge on any atom is -0.0622 e. The monoisotopic (exact) mass is 300 g/mol. The Morgan fingerprint density at radius 2 is 0.625 bits per heavy atom. The first-order valence-corrected chi connectivity index (χ1v) is 7.07. The highest BCUT2D eigenvalue weighted by molar-refractivity contribution is 5.47. The lowest BCUT2D eigenvalue weighted by Crippen LogP contribution is -1.68. The molecule has 0 aliphatic heterocycles. The summed E-state index contributed by atoms with van der Waals surface area (Å²) in [4.78, 5) is 0. The number of rotatable bonds is 0.